The Bertz CT molecular complexity index is 44.8. The molecule has 38 valence electrons. The normalized spacial score (nSPS) is 3.43. The van der Waals surface area contributed by atoms with Crippen LogP contribution in [0.4, 0.5) is 0 Å². The molecule has 0 radical (unpaired) electrons. The summed E-state index contributed by atoms with van der Waals surface area (Å²) in [5.74, 6) is 0. The first kappa shape index (κ1) is 23.2. The van der Waals surface area contributed by atoms with E-state index in [0.717, 1.165) is 0 Å². The van der Waals surface area contributed by atoms with Gasteiger partial charge in [-0.25, -0.2) is 0 Å². The van der Waals surface area contributed by atoms with Gasteiger partial charge in [0, 0.05) is 26.2 Å². The molecule has 0 fully saturated rings. The predicted octanol–water partition coefficient (Wildman–Crippen LogP) is -2.96. The Kier molecular flexibility index (Phi) is 52.0. The standard InChI is InChI=1S/Al.Mg.H2O3Si.Zr.5H/c;;1-4(2)3;;;;;;/h;;1-2H;;;;;;/q;+2;;;;;;2*-1. The van der Waals surface area contributed by atoms with Crippen molar-refractivity contribution in [3.63, 3.8) is 0 Å². The molecule has 0 aromatic carbocycles. The minimum absolute atomic E-state index is 0. The van der Waals surface area contributed by atoms with E-state index in [2.05, 4.69) is 0 Å². The van der Waals surface area contributed by atoms with Crippen LogP contribution in [0.5, 0.6) is 0 Å². The van der Waals surface area contributed by atoms with Crippen LogP contribution in [0.15, 0.2) is 0 Å². The zero-order chi connectivity index (χ0) is 3.58. The van der Waals surface area contributed by atoms with Crippen LogP contribution in [-0.4, -0.2) is 59.2 Å². The Morgan fingerprint density at radius 1 is 1.43 bits per heavy atom. The van der Waals surface area contributed by atoms with Crippen molar-refractivity contribution < 1.29 is 43.1 Å². The second-order valence-electron chi connectivity index (χ2n) is 0.283. The van der Waals surface area contributed by atoms with Gasteiger partial charge in [-0.3, -0.25) is 4.46 Å². The van der Waals surface area contributed by atoms with Crippen LogP contribution in [0.3, 0.4) is 0 Å². The quantitative estimate of drug-likeness (QED) is 0.434. The fraction of sp³-hybridized carbons (Fsp3) is 0. The van der Waals surface area contributed by atoms with Gasteiger partial charge in [0.05, 0.1) is 0 Å². The van der Waals surface area contributed by atoms with Crippen molar-refractivity contribution in [3.05, 3.63) is 0 Å². The summed E-state index contributed by atoms with van der Waals surface area (Å²) in [4.78, 5) is 14.3. The van der Waals surface area contributed by atoms with Crippen molar-refractivity contribution >= 4 is 49.6 Å². The summed E-state index contributed by atoms with van der Waals surface area (Å²) in [5.41, 5.74) is 0. The van der Waals surface area contributed by atoms with E-state index in [1.165, 1.54) is 0 Å². The van der Waals surface area contributed by atoms with Crippen LogP contribution in [0.1, 0.15) is 2.85 Å². The van der Waals surface area contributed by atoms with Crippen LogP contribution in [0, 0.1) is 0 Å². The number of hydrogen-bond donors (Lipinski definition) is 2. The summed E-state index contributed by atoms with van der Waals surface area (Å²) in [6, 6.07) is 0. The first-order valence-electron chi connectivity index (χ1n) is 0.651. The number of hydrogen-bond acceptors (Lipinski definition) is 1. The molecule has 0 heterocycles. The smallest absolute Gasteiger partial charge is 1.00 e. The van der Waals surface area contributed by atoms with E-state index in [9.17, 15) is 0 Å². The topological polar surface area (TPSA) is 57.5 Å². The maximum absolute atomic E-state index is 8.74. The average Bonchev–Trinajstić information content (AvgIpc) is 0.811. The van der Waals surface area contributed by atoms with E-state index in [0.29, 0.717) is 0 Å². The van der Waals surface area contributed by atoms with Crippen molar-refractivity contribution in [1.82, 2.24) is 0 Å². The zero-order valence-corrected chi connectivity index (χ0v) is 7.88. The SMILES string of the molecule is O=[Si](O)O.[AlH3].[H-].[H-].[Mg+2].[Zr]. The molecule has 0 aliphatic carbocycles. The average molecular weight is 226 g/mol. The molecule has 0 bridgehead atoms. The molecule has 3 nitrogen and oxygen atoms in total. The molecule has 7 heteroatoms. The van der Waals surface area contributed by atoms with Crippen molar-refractivity contribution in [2.75, 3.05) is 0 Å². The van der Waals surface area contributed by atoms with Gasteiger partial charge in [-0.05, 0) is 0 Å². The monoisotopic (exact) mass is 224 g/mol. The summed E-state index contributed by atoms with van der Waals surface area (Å²) in [6.07, 6.45) is 0. The van der Waals surface area contributed by atoms with E-state index < -0.39 is 9.17 Å². The van der Waals surface area contributed by atoms with E-state index in [1.54, 1.807) is 0 Å². The second kappa shape index (κ2) is 15.7. The summed E-state index contributed by atoms with van der Waals surface area (Å²) in [6.45, 7) is 0. The van der Waals surface area contributed by atoms with Gasteiger partial charge in [0.15, 0.2) is 17.4 Å². The van der Waals surface area contributed by atoms with Crippen LogP contribution in [-0.2, 0) is 30.7 Å². The summed E-state index contributed by atoms with van der Waals surface area (Å²) >= 11 is 0. The molecule has 0 saturated carbocycles. The third-order valence-corrected chi connectivity index (χ3v) is 0. The minimum atomic E-state index is -3.13. The molecule has 0 aromatic heterocycles. The Morgan fingerprint density at radius 2 is 1.43 bits per heavy atom. The molecule has 0 aromatic rings. The molecule has 0 unspecified atom stereocenters. The maximum atomic E-state index is 8.74. The van der Waals surface area contributed by atoms with Crippen molar-refractivity contribution in [1.29, 1.82) is 0 Å². The van der Waals surface area contributed by atoms with Gasteiger partial charge in [0.25, 0.3) is 0 Å². The Labute approximate surface area is 91.8 Å². The zero-order valence-electron chi connectivity index (χ0n) is 5.01. The van der Waals surface area contributed by atoms with E-state index in [4.69, 9.17) is 14.1 Å². The molecule has 0 aliphatic heterocycles. The van der Waals surface area contributed by atoms with Crippen LogP contribution in [0.2, 0.25) is 0 Å². The summed E-state index contributed by atoms with van der Waals surface area (Å²) in [7, 11) is -3.13. The molecule has 0 saturated heterocycles. The van der Waals surface area contributed by atoms with Crippen molar-refractivity contribution in [2.45, 2.75) is 0 Å². The van der Waals surface area contributed by atoms with Crippen LogP contribution < -0.4 is 0 Å². The van der Waals surface area contributed by atoms with Gasteiger partial charge in [0.2, 0.25) is 0 Å². The third kappa shape index (κ3) is 81.1. The summed E-state index contributed by atoms with van der Waals surface area (Å²) in [5, 5.41) is 0. The first-order chi connectivity index (χ1) is 1.73. The van der Waals surface area contributed by atoms with Gasteiger partial charge in [-0.2, -0.15) is 0 Å². The van der Waals surface area contributed by atoms with E-state index >= 15 is 0 Å². The Balaban J connectivity index is -0.00000000450. The van der Waals surface area contributed by atoms with Crippen molar-refractivity contribution in [2.24, 2.45) is 0 Å². The second-order valence-corrected chi connectivity index (χ2v) is 0.848. The van der Waals surface area contributed by atoms with Crippen molar-refractivity contribution in [3.8, 4) is 0 Å². The minimum Gasteiger partial charge on any atom is -1.00 e. The molecule has 7 heavy (non-hydrogen) atoms. The molecular formula is H7AlMgO3SiZr. The fourth-order valence-corrected chi connectivity index (χ4v) is 0. The molecule has 2 N–H and O–H groups in total. The molecular weight excluding hydrogens is 219 g/mol. The maximum Gasteiger partial charge on any atom is 2.00 e. The van der Waals surface area contributed by atoms with Crippen LogP contribution in [0.25, 0.3) is 0 Å². The van der Waals surface area contributed by atoms with Gasteiger partial charge >= 0.3 is 32.2 Å². The molecule has 0 aliphatic rings. The third-order valence-electron chi connectivity index (χ3n) is 0. The largest absolute Gasteiger partial charge is 2.00 e. The molecule has 0 amide bonds. The van der Waals surface area contributed by atoms with Crippen LogP contribution >= 0.6 is 0 Å². The number of rotatable bonds is 0. The predicted molar refractivity (Wildman–Crippen MR) is 28.8 cm³/mol. The van der Waals surface area contributed by atoms with E-state index in [-0.39, 0.29) is 69.5 Å². The Morgan fingerprint density at radius 3 is 1.43 bits per heavy atom. The Hall–Kier alpha value is 1.80. The van der Waals surface area contributed by atoms with Gasteiger partial charge in [-0.15, -0.1) is 0 Å². The molecule has 0 spiro atoms. The fourth-order valence-electron chi connectivity index (χ4n) is 0. The van der Waals surface area contributed by atoms with E-state index in [1.807, 2.05) is 0 Å². The van der Waals surface area contributed by atoms with Gasteiger partial charge in [-0.1, -0.05) is 0 Å². The summed E-state index contributed by atoms with van der Waals surface area (Å²) < 4.78 is 8.74. The van der Waals surface area contributed by atoms with Gasteiger partial charge in [0.1, 0.15) is 0 Å². The first-order valence-corrected chi connectivity index (χ1v) is 1.95. The molecule has 0 rings (SSSR count). The van der Waals surface area contributed by atoms with Gasteiger partial charge < -0.3 is 12.4 Å². The molecule has 0 atom stereocenters.